The number of aliphatic hydroxyl groups is 2. The lowest BCUT2D eigenvalue weighted by Crippen LogP contribution is -2.25. The fraction of sp³-hybridized carbons (Fsp3) is 0.278. The van der Waals surface area contributed by atoms with Gasteiger partial charge in [-0.05, 0) is 42.5 Å². The van der Waals surface area contributed by atoms with Gasteiger partial charge in [-0.3, -0.25) is 0 Å². The van der Waals surface area contributed by atoms with Crippen LogP contribution in [0.3, 0.4) is 0 Å². The highest BCUT2D eigenvalue weighted by Gasteiger charge is 2.28. The minimum absolute atomic E-state index is 0.584. The van der Waals surface area contributed by atoms with Crippen LogP contribution in [0.15, 0.2) is 36.4 Å². The van der Waals surface area contributed by atoms with Crippen LogP contribution in [0.5, 0.6) is 0 Å². The van der Waals surface area contributed by atoms with E-state index in [1.54, 1.807) is 0 Å². The Morgan fingerprint density at radius 1 is 1.05 bits per heavy atom. The number of hydrogen-bond acceptors (Lipinski definition) is 3. The van der Waals surface area contributed by atoms with Crippen LogP contribution in [0, 0.1) is 6.92 Å². The van der Waals surface area contributed by atoms with Crippen molar-refractivity contribution in [2.45, 2.75) is 32.0 Å². The maximum absolute atomic E-state index is 10.2. The first-order valence-corrected chi connectivity index (χ1v) is 7.34. The summed E-state index contributed by atoms with van der Waals surface area (Å²) in [6.45, 7) is 2.12. The molecule has 3 heteroatoms. The Morgan fingerprint density at radius 3 is 2.71 bits per heavy atom. The standard InChI is InChI=1S/C18H17NO2/c1-10-11-4-2-3-5-15(11)19-17-12(10)6-7-14-13(17)8-9-16(20)18(14)21/h2-7,16,18,20-21H,8-9H2,1H3/t16-,18-/m0/s1. The van der Waals surface area contributed by atoms with Crippen molar-refractivity contribution < 1.29 is 10.2 Å². The zero-order valence-corrected chi connectivity index (χ0v) is 11.9. The van der Waals surface area contributed by atoms with Crippen LogP contribution in [0.25, 0.3) is 21.8 Å². The van der Waals surface area contributed by atoms with Crippen molar-refractivity contribution in [3.05, 3.63) is 53.1 Å². The first kappa shape index (κ1) is 12.7. The average molecular weight is 279 g/mol. The molecule has 0 spiro atoms. The molecule has 0 aliphatic heterocycles. The Hall–Kier alpha value is -1.97. The smallest absolute Gasteiger partial charge is 0.105 e. The highest BCUT2D eigenvalue weighted by Crippen LogP contribution is 2.36. The Kier molecular flexibility index (Phi) is 2.74. The largest absolute Gasteiger partial charge is 0.390 e. The molecule has 0 unspecified atom stereocenters. The SMILES string of the molecule is Cc1c2ccccc2nc2c3c(ccc12)[C@H](O)[C@@H](O)CC3. The lowest BCUT2D eigenvalue weighted by Gasteiger charge is -2.27. The van der Waals surface area contributed by atoms with Gasteiger partial charge < -0.3 is 10.2 Å². The second kappa shape index (κ2) is 4.52. The number of benzene rings is 2. The molecule has 21 heavy (non-hydrogen) atoms. The van der Waals surface area contributed by atoms with E-state index in [0.29, 0.717) is 6.42 Å². The first-order valence-electron chi connectivity index (χ1n) is 7.34. The zero-order chi connectivity index (χ0) is 14.6. The number of rotatable bonds is 0. The van der Waals surface area contributed by atoms with Crippen LogP contribution in [-0.4, -0.2) is 21.3 Å². The predicted octanol–water partition coefficient (Wildman–Crippen LogP) is 3.04. The molecule has 1 aliphatic carbocycles. The van der Waals surface area contributed by atoms with Gasteiger partial charge in [-0.15, -0.1) is 0 Å². The predicted molar refractivity (Wildman–Crippen MR) is 83.3 cm³/mol. The van der Waals surface area contributed by atoms with Gasteiger partial charge in [-0.1, -0.05) is 30.3 Å². The second-order valence-corrected chi connectivity index (χ2v) is 5.83. The molecule has 1 heterocycles. The van der Waals surface area contributed by atoms with Gasteiger partial charge in [-0.25, -0.2) is 4.98 Å². The molecule has 0 saturated carbocycles. The van der Waals surface area contributed by atoms with Crippen LogP contribution in [-0.2, 0) is 6.42 Å². The lowest BCUT2D eigenvalue weighted by molar-refractivity contribution is 0.00673. The summed E-state index contributed by atoms with van der Waals surface area (Å²) in [7, 11) is 0. The Balaban J connectivity index is 2.11. The van der Waals surface area contributed by atoms with Gasteiger partial charge in [0, 0.05) is 10.8 Å². The van der Waals surface area contributed by atoms with E-state index in [1.165, 1.54) is 10.9 Å². The molecular weight excluding hydrogens is 262 g/mol. The lowest BCUT2D eigenvalue weighted by atomic mass is 9.85. The number of fused-ring (bicyclic) bond motifs is 4. The minimum Gasteiger partial charge on any atom is -0.390 e. The van der Waals surface area contributed by atoms with Gasteiger partial charge in [0.1, 0.15) is 6.10 Å². The van der Waals surface area contributed by atoms with Gasteiger partial charge in [0.15, 0.2) is 0 Å². The Labute approximate surface area is 122 Å². The minimum atomic E-state index is -0.799. The van der Waals surface area contributed by atoms with E-state index in [-0.39, 0.29) is 0 Å². The summed E-state index contributed by atoms with van der Waals surface area (Å²) < 4.78 is 0. The highest BCUT2D eigenvalue weighted by molar-refractivity contribution is 5.98. The molecule has 2 aromatic carbocycles. The van der Waals surface area contributed by atoms with Crippen molar-refractivity contribution in [1.82, 2.24) is 4.98 Å². The van der Waals surface area contributed by atoms with E-state index in [9.17, 15) is 10.2 Å². The molecule has 4 rings (SSSR count). The van der Waals surface area contributed by atoms with E-state index < -0.39 is 12.2 Å². The van der Waals surface area contributed by atoms with E-state index in [2.05, 4.69) is 13.0 Å². The van der Waals surface area contributed by atoms with Crippen LogP contribution in [0.2, 0.25) is 0 Å². The third-order valence-electron chi connectivity index (χ3n) is 4.64. The number of nitrogens with zero attached hydrogens (tertiary/aromatic N) is 1. The summed E-state index contributed by atoms with van der Waals surface area (Å²) in [6, 6.07) is 12.1. The molecule has 1 aromatic heterocycles. The number of pyridine rings is 1. The molecule has 1 aliphatic rings. The summed E-state index contributed by atoms with van der Waals surface area (Å²) in [5, 5.41) is 22.3. The molecule has 0 fully saturated rings. The van der Waals surface area contributed by atoms with Crippen LogP contribution >= 0.6 is 0 Å². The molecular formula is C18H17NO2. The van der Waals surface area contributed by atoms with Crippen molar-refractivity contribution >= 4 is 21.8 Å². The summed E-state index contributed by atoms with van der Waals surface area (Å²) in [5.41, 5.74) is 5.08. The first-order chi connectivity index (χ1) is 10.2. The molecule has 0 saturated heterocycles. The fourth-order valence-electron chi connectivity index (χ4n) is 3.43. The van der Waals surface area contributed by atoms with Crippen LogP contribution < -0.4 is 0 Å². The van der Waals surface area contributed by atoms with E-state index in [1.807, 2.05) is 30.3 Å². The van der Waals surface area contributed by atoms with Crippen LogP contribution in [0.1, 0.15) is 29.2 Å². The van der Waals surface area contributed by atoms with Gasteiger partial charge in [0.25, 0.3) is 0 Å². The average Bonchev–Trinajstić information content (AvgIpc) is 2.51. The monoisotopic (exact) mass is 279 g/mol. The molecule has 3 nitrogen and oxygen atoms in total. The topological polar surface area (TPSA) is 53.4 Å². The Morgan fingerprint density at radius 2 is 1.86 bits per heavy atom. The zero-order valence-electron chi connectivity index (χ0n) is 11.9. The molecule has 0 radical (unpaired) electrons. The third kappa shape index (κ3) is 1.78. The van der Waals surface area contributed by atoms with Crippen molar-refractivity contribution in [3.8, 4) is 0 Å². The van der Waals surface area contributed by atoms with Crippen molar-refractivity contribution in [2.24, 2.45) is 0 Å². The molecule has 106 valence electrons. The molecule has 3 aromatic rings. The number of para-hydroxylation sites is 1. The van der Waals surface area contributed by atoms with Crippen molar-refractivity contribution in [1.29, 1.82) is 0 Å². The van der Waals surface area contributed by atoms with Crippen molar-refractivity contribution in [3.63, 3.8) is 0 Å². The summed E-state index contributed by atoms with van der Waals surface area (Å²) in [5.74, 6) is 0. The van der Waals surface area contributed by atoms with E-state index in [4.69, 9.17) is 4.98 Å². The Bertz CT molecular complexity index is 857. The number of hydrogen-bond donors (Lipinski definition) is 2. The maximum atomic E-state index is 10.2. The number of aliphatic hydroxyl groups excluding tert-OH is 2. The fourth-order valence-corrected chi connectivity index (χ4v) is 3.43. The summed E-state index contributed by atoms with van der Waals surface area (Å²) in [6.07, 6.45) is -0.125. The number of aromatic nitrogens is 1. The van der Waals surface area contributed by atoms with E-state index in [0.717, 1.165) is 34.0 Å². The molecule has 0 bridgehead atoms. The normalized spacial score (nSPS) is 21.7. The molecule has 2 N–H and O–H groups in total. The summed E-state index contributed by atoms with van der Waals surface area (Å²) in [4.78, 5) is 4.82. The van der Waals surface area contributed by atoms with Gasteiger partial charge in [0.2, 0.25) is 0 Å². The van der Waals surface area contributed by atoms with Crippen LogP contribution in [0.4, 0.5) is 0 Å². The maximum Gasteiger partial charge on any atom is 0.105 e. The van der Waals surface area contributed by atoms with Gasteiger partial charge in [0.05, 0.1) is 17.1 Å². The van der Waals surface area contributed by atoms with E-state index >= 15 is 0 Å². The quantitative estimate of drug-likeness (QED) is 0.622. The van der Waals surface area contributed by atoms with Crippen molar-refractivity contribution in [2.75, 3.05) is 0 Å². The molecule has 0 amide bonds. The second-order valence-electron chi connectivity index (χ2n) is 5.83. The highest BCUT2D eigenvalue weighted by atomic mass is 16.3. The third-order valence-corrected chi connectivity index (χ3v) is 4.64. The van der Waals surface area contributed by atoms with Gasteiger partial charge >= 0.3 is 0 Å². The van der Waals surface area contributed by atoms with Gasteiger partial charge in [-0.2, -0.15) is 0 Å². The summed E-state index contributed by atoms with van der Waals surface area (Å²) >= 11 is 0. The number of aryl methyl sites for hydroxylation is 2. The molecule has 2 atom stereocenters.